The first-order valence-corrected chi connectivity index (χ1v) is 13.8. The third-order valence-corrected chi connectivity index (χ3v) is 7.67. The summed E-state index contributed by atoms with van der Waals surface area (Å²) >= 11 is 0. The second kappa shape index (κ2) is 12.3. The normalized spacial score (nSPS) is 19.0. The molecule has 40 heavy (non-hydrogen) atoms. The average Bonchev–Trinajstić information content (AvgIpc) is 3.39. The molecule has 0 N–H and O–H groups in total. The molecule has 0 bridgehead atoms. The Morgan fingerprint density at radius 2 is 1.82 bits per heavy atom. The van der Waals surface area contributed by atoms with Gasteiger partial charge in [0.1, 0.15) is 0 Å². The highest BCUT2D eigenvalue weighted by Crippen LogP contribution is 2.37. The predicted octanol–water partition coefficient (Wildman–Crippen LogP) is 6.96. The van der Waals surface area contributed by atoms with E-state index in [-0.39, 0.29) is 5.60 Å². The summed E-state index contributed by atoms with van der Waals surface area (Å²) in [6, 6.07) is 9.36. The van der Waals surface area contributed by atoms with Gasteiger partial charge in [0, 0.05) is 25.4 Å². The van der Waals surface area contributed by atoms with Crippen LogP contribution >= 0.6 is 0 Å². The van der Waals surface area contributed by atoms with E-state index in [0.29, 0.717) is 6.61 Å². The highest BCUT2D eigenvalue weighted by molar-refractivity contribution is 6.02. The van der Waals surface area contributed by atoms with E-state index in [0.717, 1.165) is 79.8 Å². The minimum Gasteiger partial charge on any atom is -0.386 e. The third-order valence-electron chi connectivity index (χ3n) is 7.67. The molecule has 0 atom stereocenters. The minimum absolute atomic E-state index is 0.0551. The number of ether oxygens (including phenoxy) is 1. The average molecular weight is 553 g/mol. The largest absolute Gasteiger partial charge is 0.386 e. The first-order chi connectivity index (χ1) is 19.4. The van der Waals surface area contributed by atoms with Crippen molar-refractivity contribution in [3.05, 3.63) is 88.8 Å². The van der Waals surface area contributed by atoms with Gasteiger partial charge in [-0.05, 0) is 86.9 Å². The lowest BCUT2D eigenvalue weighted by Crippen LogP contribution is -2.53. The number of aryl methyl sites for hydroxylation is 1. The SMILES string of the molecule is COCc1cc(/C=C2\CCCN3CC4(CCCCC4)ON=C23)ccc1-n1cnc(C)c1.Fc1cccc(F)c1F. The van der Waals surface area contributed by atoms with Crippen molar-refractivity contribution in [2.75, 3.05) is 20.2 Å². The number of nitrogens with zero attached hydrogens (tertiary/aromatic N) is 4. The summed E-state index contributed by atoms with van der Waals surface area (Å²) in [6.07, 6.45) is 14.5. The molecule has 2 fully saturated rings. The summed E-state index contributed by atoms with van der Waals surface area (Å²) in [6.45, 7) is 4.62. The van der Waals surface area contributed by atoms with Crippen LogP contribution in [0.2, 0.25) is 0 Å². The molecule has 0 radical (unpaired) electrons. The Kier molecular flexibility index (Phi) is 8.59. The summed E-state index contributed by atoms with van der Waals surface area (Å²) in [4.78, 5) is 13.0. The van der Waals surface area contributed by atoms with Crippen molar-refractivity contribution < 1.29 is 22.7 Å². The zero-order valence-electron chi connectivity index (χ0n) is 23.0. The number of imidazole rings is 1. The Balaban J connectivity index is 0.000000306. The highest BCUT2D eigenvalue weighted by atomic mass is 19.2. The number of hydrogen-bond acceptors (Lipinski definition) is 5. The van der Waals surface area contributed by atoms with E-state index in [4.69, 9.17) is 9.57 Å². The predicted molar refractivity (Wildman–Crippen MR) is 148 cm³/mol. The number of halogens is 3. The molecule has 6 nitrogen and oxygen atoms in total. The fourth-order valence-corrected chi connectivity index (χ4v) is 5.70. The summed E-state index contributed by atoms with van der Waals surface area (Å²) in [7, 11) is 1.74. The highest BCUT2D eigenvalue weighted by Gasteiger charge is 2.41. The fraction of sp³-hybridized carbons (Fsp3) is 0.419. The summed E-state index contributed by atoms with van der Waals surface area (Å²) in [5, 5.41) is 4.67. The van der Waals surface area contributed by atoms with Crippen LogP contribution in [0.1, 0.15) is 61.8 Å². The lowest BCUT2D eigenvalue weighted by atomic mass is 9.83. The van der Waals surface area contributed by atoms with Crippen molar-refractivity contribution in [2.24, 2.45) is 5.16 Å². The number of piperidine rings is 1. The number of fused-ring (bicyclic) bond motifs is 1. The van der Waals surface area contributed by atoms with E-state index >= 15 is 0 Å². The Morgan fingerprint density at radius 1 is 1.05 bits per heavy atom. The second-order valence-corrected chi connectivity index (χ2v) is 10.7. The quantitative estimate of drug-likeness (QED) is 0.329. The molecule has 1 aromatic heterocycles. The topological polar surface area (TPSA) is 51.9 Å². The zero-order chi connectivity index (χ0) is 28.1. The van der Waals surface area contributed by atoms with E-state index in [9.17, 15) is 13.2 Å². The van der Waals surface area contributed by atoms with Gasteiger partial charge in [0.15, 0.2) is 28.9 Å². The first-order valence-electron chi connectivity index (χ1n) is 13.8. The number of methoxy groups -OCH3 is 1. The minimum atomic E-state index is -1.42. The zero-order valence-corrected chi connectivity index (χ0v) is 23.0. The van der Waals surface area contributed by atoms with Crippen LogP contribution in [-0.2, 0) is 16.2 Å². The van der Waals surface area contributed by atoms with Crippen molar-refractivity contribution in [1.29, 1.82) is 0 Å². The third kappa shape index (κ3) is 6.25. The van der Waals surface area contributed by atoms with Gasteiger partial charge in [0.05, 0.1) is 30.9 Å². The molecule has 1 saturated carbocycles. The lowest BCUT2D eigenvalue weighted by molar-refractivity contribution is -0.0953. The molecule has 2 aliphatic heterocycles. The van der Waals surface area contributed by atoms with Crippen LogP contribution in [0, 0.1) is 24.4 Å². The van der Waals surface area contributed by atoms with Crippen LogP contribution < -0.4 is 0 Å². The van der Waals surface area contributed by atoms with Crippen LogP contribution in [0.4, 0.5) is 13.2 Å². The van der Waals surface area contributed by atoms with Crippen molar-refractivity contribution in [3.63, 3.8) is 0 Å². The van der Waals surface area contributed by atoms with E-state index in [1.54, 1.807) is 7.11 Å². The van der Waals surface area contributed by atoms with E-state index in [1.165, 1.54) is 30.4 Å². The van der Waals surface area contributed by atoms with Gasteiger partial charge in [0.25, 0.3) is 0 Å². The number of benzene rings is 2. The molecule has 0 unspecified atom stereocenters. The maximum Gasteiger partial charge on any atom is 0.194 e. The van der Waals surface area contributed by atoms with Crippen molar-refractivity contribution >= 4 is 11.9 Å². The van der Waals surface area contributed by atoms with Crippen LogP contribution in [-0.4, -0.2) is 46.1 Å². The number of aromatic nitrogens is 2. The number of hydrogen-bond donors (Lipinski definition) is 0. The van der Waals surface area contributed by atoms with Crippen LogP contribution in [0.3, 0.4) is 0 Å². The molecule has 3 aromatic rings. The lowest BCUT2D eigenvalue weighted by Gasteiger charge is -2.45. The molecule has 9 heteroatoms. The van der Waals surface area contributed by atoms with Crippen molar-refractivity contribution in [3.8, 4) is 5.69 Å². The number of amidine groups is 1. The summed E-state index contributed by atoms with van der Waals surface area (Å²) in [5.41, 5.74) is 5.64. The van der Waals surface area contributed by atoms with Crippen LogP contribution in [0.15, 0.2) is 59.7 Å². The first kappa shape index (κ1) is 28.0. The summed E-state index contributed by atoms with van der Waals surface area (Å²) in [5.74, 6) is -2.70. The van der Waals surface area contributed by atoms with Gasteiger partial charge in [-0.25, -0.2) is 18.2 Å². The van der Waals surface area contributed by atoms with Crippen molar-refractivity contribution in [2.45, 2.75) is 64.1 Å². The van der Waals surface area contributed by atoms with Crippen LogP contribution in [0.5, 0.6) is 0 Å². The molecule has 6 rings (SSSR count). The smallest absolute Gasteiger partial charge is 0.194 e. The molecule has 212 valence electrons. The number of oxime groups is 1. The monoisotopic (exact) mass is 552 g/mol. The van der Waals surface area contributed by atoms with Gasteiger partial charge >= 0.3 is 0 Å². The summed E-state index contributed by atoms with van der Waals surface area (Å²) < 4.78 is 43.5. The van der Waals surface area contributed by atoms with E-state index < -0.39 is 17.5 Å². The Hall–Kier alpha value is -3.59. The van der Waals surface area contributed by atoms with E-state index in [1.807, 2.05) is 19.4 Å². The standard InChI is InChI=1S/C25H32N4O2.C6H3F3/c1-19-15-29(18-26-19)23-9-8-20(14-22(23)16-30-2)13-21-7-6-12-28-17-25(31-27-24(21)28)10-4-3-5-11-25;7-4-2-1-3-5(8)6(4)9/h8-9,13-15,18H,3-7,10-12,16-17H2,1-2H3;1-3H/b21-13+;. The second-order valence-electron chi connectivity index (χ2n) is 10.7. The van der Waals surface area contributed by atoms with Gasteiger partial charge in [-0.2, -0.15) is 0 Å². The molecule has 3 aliphatic rings. The van der Waals surface area contributed by atoms with Gasteiger partial charge in [-0.3, -0.25) is 0 Å². The Morgan fingerprint density at radius 3 is 2.50 bits per heavy atom. The van der Waals surface area contributed by atoms with Crippen molar-refractivity contribution in [1.82, 2.24) is 14.5 Å². The van der Waals surface area contributed by atoms with Gasteiger partial charge in [-0.1, -0.05) is 23.7 Å². The van der Waals surface area contributed by atoms with Gasteiger partial charge in [0.2, 0.25) is 0 Å². The molecular formula is C31H35F3N4O2. The van der Waals surface area contributed by atoms with E-state index in [2.05, 4.69) is 43.9 Å². The molecule has 1 saturated heterocycles. The molecule has 0 amide bonds. The molecule has 1 aliphatic carbocycles. The Labute approximate surface area is 233 Å². The molecular weight excluding hydrogens is 517 g/mol. The molecule has 2 aromatic carbocycles. The fourth-order valence-electron chi connectivity index (χ4n) is 5.70. The molecule has 1 spiro atoms. The maximum atomic E-state index is 12.0. The van der Waals surface area contributed by atoms with Gasteiger partial charge < -0.3 is 19.0 Å². The van der Waals surface area contributed by atoms with Crippen LogP contribution in [0.25, 0.3) is 11.8 Å². The van der Waals surface area contributed by atoms with Gasteiger partial charge in [-0.15, -0.1) is 0 Å². The Bertz CT molecular complexity index is 1370. The maximum absolute atomic E-state index is 12.0. The molecule has 3 heterocycles. The number of rotatable bonds is 4.